The van der Waals surface area contributed by atoms with Crippen LogP contribution >= 0.6 is 0 Å². The Morgan fingerprint density at radius 3 is 3.11 bits per heavy atom. The molecular formula is C14H18N2O2. The molecular weight excluding hydrogens is 228 g/mol. The van der Waals surface area contributed by atoms with Gasteiger partial charge in [-0.1, -0.05) is 12.1 Å². The molecule has 0 aliphatic heterocycles. The van der Waals surface area contributed by atoms with Gasteiger partial charge >= 0.3 is 0 Å². The van der Waals surface area contributed by atoms with E-state index in [0.717, 1.165) is 17.4 Å². The molecule has 0 spiro atoms. The van der Waals surface area contributed by atoms with E-state index in [4.69, 9.17) is 4.74 Å². The molecule has 0 aliphatic rings. The predicted molar refractivity (Wildman–Crippen MR) is 71.3 cm³/mol. The summed E-state index contributed by atoms with van der Waals surface area (Å²) in [6.45, 7) is 1.61. The Hall–Kier alpha value is -1.49. The molecule has 1 aromatic heterocycles. The molecule has 0 saturated heterocycles. The van der Waals surface area contributed by atoms with Crippen LogP contribution < -0.4 is 5.32 Å². The summed E-state index contributed by atoms with van der Waals surface area (Å²) < 4.78 is 4.87. The van der Waals surface area contributed by atoms with Crippen molar-refractivity contribution in [2.45, 2.75) is 12.6 Å². The molecule has 2 aromatic rings. The molecule has 2 N–H and O–H groups in total. The molecule has 0 amide bonds. The third-order valence-corrected chi connectivity index (χ3v) is 2.74. The minimum atomic E-state index is -0.461. The van der Waals surface area contributed by atoms with Gasteiger partial charge in [0.25, 0.3) is 0 Å². The number of pyridine rings is 1. The van der Waals surface area contributed by atoms with Crippen LogP contribution in [0.2, 0.25) is 0 Å². The Kier molecular flexibility index (Phi) is 4.64. The first-order chi connectivity index (χ1) is 8.79. The molecule has 96 valence electrons. The second kappa shape index (κ2) is 6.44. The second-order valence-electron chi connectivity index (χ2n) is 4.27. The van der Waals surface area contributed by atoms with Gasteiger partial charge in [0.15, 0.2) is 0 Å². The van der Waals surface area contributed by atoms with Crippen LogP contribution in [-0.4, -0.2) is 36.5 Å². The molecule has 0 bridgehead atoms. The number of benzene rings is 1. The van der Waals surface area contributed by atoms with Crippen molar-refractivity contribution in [3.05, 3.63) is 42.1 Å². The zero-order valence-corrected chi connectivity index (χ0v) is 10.5. The summed E-state index contributed by atoms with van der Waals surface area (Å²) in [5.74, 6) is 0. The number of aliphatic hydroxyl groups excluding tert-OH is 1. The number of ether oxygens (including phenoxy) is 1. The summed E-state index contributed by atoms with van der Waals surface area (Å²) in [7, 11) is 1.58. The maximum absolute atomic E-state index is 9.50. The molecule has 1 heterocycles. The van der Waals surface area contributed by atoms with E-state index in [9.17, 15) is 5.11 Å². The van der Waals surface area contributed by atoms with Crippen molar-refractivity contribution in [3.63, 3.8) is 0 Å². The smallest absolute Gasteiger partial charge is 0.0897 e. The van der Waals surface area contributed by atoms with Gasteiger partial charge in [0.05, 0.1) is 18.2 Å². The van der Waals surface area contributed by atoms with E-state index in [1.165, 1.54) is 5.56 Å². The lowest BCUT2D eigenvalue weighted by molar-refractivity contribution is 0.0644. The molecule has 0 radical (unpaired) electrons. The normalized spacial score (nSPS) is 12.8. The van der Waals surface area contributed by atoms with Gasteiger partial charge in [-0.15, -0.1) is 0 Å². The standard InChI is InChI=1S/C14H18N2O2/c1-18-10-13(17)9-15-8-11-4-5-14-12(7-11)3-2-6-16-14/h2-7,13,15,17H,8-10H2,1H3. The Labute approximate surface area is 107 Å². The predicted octanol–water partition coefficient (Wildman–Crippen LogP) is 1.33. The lowest BCUT2D eigenvalue weighted by Gasteiger charge is -2.10. The summed E-state index contributed by atoms with van der Waals surface area (Å²) in [6, 6.07) is 10.1. The molecule has 4 heteroatoms. The highest BCUT2D eigenvalue weighted by Gasteiger charge is 2.02. The van der Waals surface area contributed by atoms with Crippen LogP contribution in [0, 0.1) is 0 Å². The SMILES string of the molecule is COCC(O)CNCc1ccc2ncccc2c1. The maximum Gasteiger partial charge on any atom is 0.0897 e. The van der Waals surface area contributed by atoms with E-state index < -0.39 is 6.10 Å². The van der Waals surface area contributed by atoms with Crippen molar-refractivity contribution < 1.29 is 9.84 Å². The fraction of sp³-hybridized carbons (Fsp3) is 0.357. The molecule has 1 atom stereocenters. The first-order valence-corrected chi connectivity index (χ1v) is 6.01. The van der Waals surface area contributed by atoms with Crippen molar-refractivity contribution in [2.24, 2.45) is 0 Å². The van der Waals surface area contributed by atoms with Crippen LogP contribution in [0.4, 0.5) is 0 Å². The highest BCUT2D eigenvalue weighted by molar-refractivity contribution is 5.78. The lowest BCUT2D eigenvalue weighted by Crippen LogP contribution is -2.29. The van der Waals surface area contributed by atoms with Gasteiger partial charge in [-0.05, 0) is 23.8 Å². The van der Waals surface area contributed by atoms with Gasteiger partial charge in [0.2, 0.25) is 0 Å². The minimum absolute atomic E-state index is 0.356. The number of nitrogens with zero attached hydrogens (tertiary/aromatic N) is 1. The third-order valence-electron chi connectivity index (χ3n) is 2.74. The summed E-state index contributed by atoms with van der Waals surface area (Å²) in [5.41, 5.74) is 2.18. The van der Waals surface area contributed by atoms with Gasteiger partial charge in [-0.3, -0.25) is 4.98 Å². The van der Waals surface area contributed by atoms with E-state index in [-0.39, 0.29) is 0 Å². The monoisotopic (exact) mass is 246 g/mol. The van der Waals surface area contributed by atoms with Crippen molar-refractivity contribution >= 4 is 10.9 Å². The molecule has 0 saturated carbocycles. The minimum Gasteiger partial charge on any atom is -0.389 e. The average Bonchev–Trinajstić information content (AvgIpc) is 2.39. The number of fused-ring (bicyclic) bond motifs is 1. The summed E-state index contributed by atoms with van der Waals surface area (Å²) in [4.78, 5) is 4.28. The molecule has 1 unspecified atom stereocenters. The van der Waals surface area contributed by atoms with Crippen LogP contribution in [0.15, 0.2) is 36.5 Å². The lowest BCUT2D eigenvalue weighted by atomic mass is 10.1. The largest absolute Gasteiger partial charge is 0.389 e. The topological polar surface area (TPSA) is 54.4 Å². The summed E-state index contributed by atoms with van der Waals surface area (Å²) in [5, 5.41) is 13.8. The Morgan fingerprint density at radius 2 is 2.28 bits per heavy atom. The molecule has 1 aromatic carbocycles. The number of hydrogen-bond acceptors (Lipinski definition) is 4. The molecule has 18 heavy (non-hydrogen) atoms. The number of aromatic nitrogens is 1. The van der Waals surface area contributed by atoms with Crippen LogP contribution in [0.25, 0.3) is 10.9 Å². The van der Waals surface area contributed by atoms with E-state index in [0.29, 0.717) is 13.2 Å². The van der Waals surface area contributed by atoms with Crippen molar-refractivity contribution in [1.29, 1.82) is 0 Å². The second-order valence-corrected chi connectivity index (χ2v) is 4.27. The molecule has 0 fully saturated rings. The number of rotatable bonds is 6. The van der Waals surface area contributed by atoms with Gasteiger partial charge in [-0.25, -0.2) is 0 Å². The molecule has 0 aliphatic carbocycles. The molecule has 4 nitrogen and oxygen atoms in total. The number of nitrogens with one attached hydrogen (secondary N) is 1. The first kappa shape index (κ1) is 13.0. The van der Waals surface area contributed by atoms with Gasteiger partial charge < -0.3 is 15.2 Å². The zero-order valence-electron chi connectivity index (χ0n) is 10.5. The Balaban J connectivity index is 1.91. The van der Waals surface area contributed by atoms with Crippen molar-refractivity contribution in [3.8, 4) is 0 Å². The van der Waals surface area contributed by atoms with Gasteiger partial charge in [-0.2, -0.15) is 0 Å². The third kappa shape index (κ3) is 3.50. The van der Waals surface area contributed by atoms with Gasteiger partial charge in [0, 0.05) is 31.8 Å². The van der Waals surface area contributed by atoms with E-state index in [1.807, 2.05) is 24.3 Å². The Morgan fingerprint density at radius 1 is 1.39 bits per heavy atom. The quantitative estimate of drug-likeness (QED) is 0.807. The van der Waals surface area contributed by atoms with Crippen LogP contribution in [0.3, 0.4) is 0 Å². The van der Waals surface area contributed by atoms with E-state index in [2.05, 4.69) is 16.4 Å². The van der Waals surface area contributed by atoms with Crippen LogP contribution in [0.1, 0.15) is 5.56 Å². The molecule has 2 rings (SSSR count). The van der Waals surface area contributed by atoms with Crippen LogP contribution in [0.5, 0.6) is 0 Å². The highest BCUT2D eigenvalue weighted by atomic mass is 16.5. The van der Waals surface area contributed by atoms with Gasteiger partial charge in [0.1, 0.15) is 0 Å². The number of aliphatic hydroxyl groups is 1. The zero-order chi connectivity index (χ0) is 12.8. The van der Waals surface area contributed by atoms with Crippen LogP contribution in [-0.2, 0) is 11.3 Å². The summed E-state index contributed by atoms with van der Waals surface area (Å²) >= 11 is 0. The first-order valence-electron chi connectivity index (χ1n) is 6.01. The fourth-order valence-corrected chi connectivity index (χ4v) is 1.87. The van der Waals surface area contributed by atoms with E-state index in [1.54, 1.807) is 13.3 Å². The van der Waals surface area contributed by atoms with Crippen molar-refractivity contribution in [1.82, 2.24) is 10.3 Å². The number of methoxy groups -OCH3 is 1. The fourth-order valence-electron chi connectivity index (χ4n) is 1.87. The Bertz CT molecular complexity index is 502. The number of hydrogen-bond donors (Lipinski definition) is 2. The maximum atomic E-state index is 9.50. The highest BCUT2D eigenvalue weighted by Crippen LogP contribution is 2.12. The van der Waals surface area contributed by atoms with E-state index >= 15 is 0 Å². The summed E-state index contributed by atoms with van der Waals surface area (Å²) in [6.07, 6.45) is 1.33. The average molecular weight is 246 g/mol. The van der Waals surface area contributed by atoms with Crippen molar-refractivity contribution in [2.75, 3.05) is 20.3 Å².